The van der Waals surface area contributed by atoms with Crippen LogP contribution in [0.5, 0.6) is 5.88 Å². The van der Waals surface area contributed by atoms with Crippen molar-refractivity contribution in [2.75, 3.05) is 23.8 Å². The van der Waals surface area contributed by atoms with Crippen LogP contribution in [0.25, 0.3) is 0 Å². The molecule has 0 radical (unpaired) electrons. The molecule has 0 fully saturated rings. The molecule has 1 aromatic heterocycles. The van der Waals surface area contributed by atoms with Crippen LogP contribution in [0.3, 0.4) is 0 Å². The lowest BCUT2D eigenvalue weighted by Gasteiger charge is -2.22. The van der Waals surface area contributed by atoms with Crippen molar-refractivity contribution >= 4 is 17.4 Å². The van der Waals surface area contributed by atoms with Gasteiger partial charge in [-0.1, -0.05) is 6.07 Å². The molecule has 2 aromatic rings. The van der Waals surface area contributed by atoms with Gasteiger partial charge in [0.25, 0.3) is 5.92 Å². The number of alkyl halides is 2. The molecule has 132 valence electrons. The first-order chi connectivity index (χ1) is 13.0. The number of hydrogen-bond donors (Lipinski definition) is 1. The van der Waals surface area contributed by atoms with Crippen LogP contribution < -0.4 is 15.0 Å². The topological polar surface area (TPSA) is 54.5 Å². The number of hydrogen-bond acceptors (Lipinski definition) is 3. The number of rotatable bonds is 3. The zero-order chi connectivity index (χ0) is 20.7. The minimum absolute atomic E-state index is 0.000121. The third-order valence-electron chi connectivity index (χ3n) is 3.91. The fourth-order valence-electron chi connectivity index (χ4n) is 2.67. The van der Waals surface area contributed by atoms with Gasteiger partial charge in [0.05, 0.1) is 28.6 Å². The van der Waals surface area contributed by atoms with E-state index in [1.54, 1.807) is 0 Å². The van der Waals surface area contributed by atoms with E-state index < -0.39 is 36.3 Å². The summed E-state index contributed by atoms with van der Waals surface area (Å²) in [5.41, 5.74) is -0.180. The first kappa shape index (κ1) is 13.5. The molecule has 0 unspecified atom stereocenters. The molecular weight excluding hydrogens is 335 g/mol. The molecule has 1 aliphatic rings. The van der Waals surface area contributed by atoms with E-state index in [0.29, 0.717) is 18.2 Å². The van der Waals surface area contributed by atoms with E-state index in [4.69, 9.17) is 4.11 Å². The van der Waals surface area contributed by atoms with E-state index in [1.807, 2.05) is 0 Å². The molecule has 2 amide bonds. The molecule has 8 heteroatoms. The van der Waals surface area contributed by atoms with Crippen molar-refractivity contribution in [1.82, 2.24) is 4.98 Å². The van der Waals surface area contributed by atoms with Crippen LogP contribution in [0, 0.1) is 5.82 Å². The Bertz CT molecular complexity index is 917. The Morgan fingerprint density at radius 3 is 2.96 bits per heavy atom. The number of anilines is 2. The van der Waals surface area contributed by atoms with Gasteiger partial charge in [0, 0.05) is 24.7 Å². The summed E-state index contributed by atoms with van der Waals surface area (Å²) in [5.74, 6) is -4.71. The van der Waals surface area contributed by atoms with Gasteiger partial charge >= 0.3 is 6.03 Å². The zero-order valence-corrected chi connectivity index (χ0v) is 13.1. The predicted octanol–water partition coefficient (Wildman–Crippen LogP) is 3.94. The van der Waals surface area contributed by atoms with Crippen molar-refractivity contribution in [1.29, 1.82) is 0 Å². The van der Waals surface area contributed by atoms with E-state index in [9.17, 15) is 18.0 Å². The summed E-state index contributed by atoms with van der Waals surface area (Å²) >= 11 is 0. The molecule has 0 bridgehead atoms. The van der Waals surface area contributed by atoms with E-state index in [-0.39, 0.29) is 18.7 Å². The Balaban J connectivity index is 1.98. The van der Waals surface area contributed by atoms with Gasteiger partial charge in [-0.3, -0.25) is 4.90 Å². The molecule has 1 aliphatic heterocycles. The number of urea groups is 1. The van der Waals surface area contributed by atoms with Crippen LogP contribution in [-0.2, 0) is 12.3 Å². The van der Waals surface area contributed by atoms with Gasteiger partial charge in [0.15, 0.2) is 0 Å². The Kier molecular flexibility index (Phi) is 3.39. The number of halogens is 3. The maximum absolute atomic E-state index is 14.0. The summed E-state index contributed by atoms with van der Waals surface area (Å²) in [7, 11) is -2.96. The second-order valence-corrected chi connectivity index (χ2v) is 5.63. The summed E-state index contributed by atoms with van der Waals surface area (Å²) in [6.45, 7) is 0.573. The average Bonchev–Trinajstić information content (AvgIpc) is 2.72. The normalized spacial score (nSPS) is 16.9. The number of ether oxygens (including phenoxy) is 1. The van der Waals surface area contributed by atoms with Crippen molar-refractivity contribution < 1.29 is 26.8 Å². The summed E-state index contributed by atoms with van der Waals surface area (Å²) in [6, 6.07) is 4.54. The highest BCUT2D eigenvalue weighted by Crippen LogP contribution is 2.36. The number of carbonyl (C=O) groups is 1. The molecule has 0 aliphatic carbocycles. The number of nitrogens with zero attached hydrogens (tertiary/aromatic N) is 2. The van der Waals surface area contributed by atoms with Crippen molar-refractivity contribution in [3.63, 3.8) is 0 Å². The van der Waals surface area contributed by atoms with Crippen LogP contribution >= 0.6 is 0 Å². The second kappa shape index (κ2) is 6.27. The standard InChI is InChI=1S/C17H16F3N3O2/c1-17(19,20)12-8-10(9-21-15(12)25-2)23-7-6-11-13(18)4-3-5-14(11)22-16(23)24/h3-5,8-9H,6-7H2,1-2H3,(H,22,24)/i2D3. The summed E-state index contributed by atoms with van der Waals surface area (Å²) < 4.78 is 67.8. The monoisotopic (exact) mass is 354 g/mol. The Morgan fingerprint density at radius 2 is 2.24 bits per heavy atom. The third-order valence-corrected chi connectivity index (χ3v) is 3.91. The lowest BCUT2D eigenvalue weighted by Crippen LogP contribution is -2.35. The van der Waals surface area contributed by atoms with Crippen LogP contribution in [0.2, 0.25) is 0 Å². The van der Waals surface area contributed by atoms with Crippen molar-refractivity contribution in [2.24, 2.45) is 0 Å². The van der Waals surface area contributed by atoms with Gasteiger partial charge in [-0.15, -0.1) is 0 Å². The van der Waals surface area contributed by atoms with Crippen molar-refractivity contribution in [3.8, 4) is 5.88 Å². The van der Waals surface area contributed by atoms with Gasteiger partial charge < -0.3 is 10.1 Å². The lowest BCUT2D eigenvalue weighted by molar-refractivity contribution is 0.0145. The quantitative estimate of drug-likeness (QED) is 0.908. The Labute approximate surface area is 146 Å². The van der Waals surface area contributed by atoms with Gasteiger partial charge in [-0.2, -0.15) is 0 Å². The number of aromatic nitrogens is 1. The third kappa shape index (κ3) is 3.24. The van der Waals surface area contributed by atoms with Crippen molar-refractivity contribution in [3.05, 3.63) is 47.4 Å². The minimum atomic E-state index is -3.47. The van der Waals surface area contributed by atoms with Crippen LogP contribution in [0.1, 0.15) is 22.2 Å². The molecule has 3 rings (SSSR count). The van der Waals surface area contributed by atoms with Crippen LogP contribution in [-0.4, -0.2) is 24.6 Å². The first-order valence-corrected chi connectivity index (χ1v) is 7.39. The van der Waals surface area contributed by atoms with Gasteiger partial charge in [-0.05, 0) is 24.6 Å². The molecule has 1 N–H and O–H groups in total. The van der Waals surface area contributed by atoms with Gasteiger partial charge in [0.2, 0.25) is 5.88 Å². The zero-order valence-electron chi connectivity index (χ0n) is 16.1. The highest BCUT2D eigenvalue weighted by Gasteiger charge is 2.32. The largest absolute Gasteiger partial charge is 0.481 e. The van der Waals surface area contributed by atoms with Crippen molar-refractivity contribution in [2.45, 2.75) is 19.3 Å². The Hall–Kier alpha value is -2.77. The molecule has 25 heavy (non-hydrogen) atoms. The molecule has 2 heterocycles. The Morgan fingerprint density at radius 1 is 1.44 bits per heavy atom. The lowest BCUT2D eigenvalue weighted by atomic mass is 10.1. The number of benzene rings is 1. The summed E-state index contributed by atoms with van der Waals surface area (Å²) in [4.78, 5) is 17.3. The molecule has 0 spiro atoms. The van der Waals surface area contributed by atoms with E-state index >= 15 is 0 Å². The molecule has 0 atom stereocenters. The summed E-state index contributed by atoms with van der Waals surface area (Å²) in [6.07, 6.45) is 1.20. The molecule has 0 saturated carbocycles. The first-order valence-electron chi connectivity index (χ1n) is 8.89. The van der Waals surface area contributed by atoms with Gasteiger partial charge in [-0.25, -0.2) is 22.9 Å². The van der Waals surface area contributed by atoms with E-state index in [0.717, 1.165) is 17.2 Å². The summed E-state index contributed by atoms with van der Waals surface area (Å²) in [5, 5.41) is 2.53. The average molecular weight is 354 g/mol. The van der Waals surface area contributed by atoms with Crippen LogP contribution in [0.15, 0.2) is 30.5 Å². The van der Waals surface area contributed by atoms with E-state index in [1.165, 1.54) is 18.2 Å². The minimum Gasteiger partial charge on any atom is -0.481 e. The number of nitrogens with one attached hydrogen (secondary N) is 1. The highest BCUT2D eigenvalue weighted by molar-refractivity contribution is 6.03. The molecular formula is C17H16F3N3O2. The second-order valence-electron chi connectivity index (χ2n) is 5.63. The SMILES string of the molecule is [2H]C([2H])([2H])Oc1ncc(N2CCc3c(F)cccc3NC2=O)cc1C(C)(F)F. The fourth-order valence-corrected chi connectivity index (χ4v) is 2.67. The number of carbonyl (C=O) groups excluding carboxylic acids is 1. The van der Waals surface area contributed by atoms with E-state index in [2.05, 4.69) is 15.0 Å². The molecule has 5 nitrogen and oxygen atoms in total. The number of methoxy groups -OCH3 is 1. The van der Waals surface area contributed by atoms with Gasteiger partial charge in [0.1, 0.15) is 5.82 Å². The maximum atomic E-state index is 14.0. The van der Waals surface area contributed by atoms with Crippen LogP contribution in [0.4, 0.5) is 29.3 Å². The molecule has 0 saturated heterocycles. The fraction of sp³-hybridized carbons (Fsp3) is 0.294. The maximum Gasteiger partial charge on any atom is 0.326 e. The number of pyridine rings is 1. The highest BCUT2D eigenvalue weighted by atomic mass is 19.3. The number of fused-ring (bicyclic) bond motifs is 1. The molecule has 1 aromatic carbocycles. The smallest absolute Gasteiger partial charge is 0.326 e. The number of amides is 2. The predicted molar refractivity (Wildman–Crippen MR) is 86.8 cm³/mol.